The first-order chi connectivity index (χ1) is 9.38. The molecule has 0 aromatic heterocycles. The second kappa shape index (κ2) is 6.14. The van der Waals surface area contributed by atoms with Crippen LogP contribution in [0, 0.1) is 6.92 Å². The lowest BCUT2D eigenvalue weighted by atomic mass is 10.2. The zero-order valence-electron chi connectivity index (χ0n) is 10.7. The van der Waals surface area contributed by atoms with E-state index in [4.69, 9.17) is 23.2 Å². The Morgan fingerprint density at radius 1 is 1.00 bits per heavy atom. The number of rotatable bonds is 4. The van der Waals surface area contributed by atoms with Crippen LogP contribution in [0.25, 0.3) is 0 Å². The van der Waals surface area contributed by atoms with Gasteiger partial charge in [0, 0.05) is 6.54 Å². The summed E-state index contributed by atoms with van der Waals surface area (Å²) in [5, 5.41) is 0.536. The van der Waals surface area contributed by atoms with Gasteiger partial charge in [-0.05, 0) is 30.7 Å². The predicted molar refractivity (Wildman–Crippen MR) is 81.7 cm³/mol. The van der Waals surface area contributed by atoms with Crippen LogP contribution in [0.1, 0.15) is 11.1 Å². The van der Waals surface area contributed by atoms with Gasteiger partial charge in [0.05, 0.1) is 14.9 Å². The number of benzene rings is 2. The highest BCUT2D eigenvalue weighted by atomic mass is 35.5. The van der Waals surface area contributed by atoms with Crippen molar-refractivity contribution in [2.75, 3.05) is 0 Å². The van der Waals surface area contributed by atoms with Crippen molar-refractivity contribution in [2.45, 2.75) is 18.4 Å². The highest BCUT2D eigenvalue weighted by Gasteiger charge is 2.15. The third kappa shape index (κ3) is 3.73. The Hall–Kier alpha value is -1.07. The standard InChI is InChI=1S/C14H13Cl2NO2S/c1-10-2-4-11(5-3-10)9-17-20(18,19)12-6-7-13(15)14(16)8-12/h2-8,17H,9H2,1H3. The highest BCUT2D eigenvalue weighted by Crippen LogP contribution is 2.24. The summed E-state index contributed by atoms with van der Waals surface area (Å²) in [5.74, 6) is 0. The second-order valence-corrected chi connectivity index (χ2v) is 6.97. The molecule has 3 nitrogen and oxygen atoms in total. The SMILES string of the molecule is Cc1ccc(CNS(=O)(=O)c2ccc(Cl)c(Cl)c2)cc1. The normalized spacial score (nSPS) is 11.6. The lowest BCUT2D eigenvalue weighted by Gasteiger charge is -2.08. The molecule has 0 unspecified atom stereocenters. The van der Waals surface area contributed by atoms with Crippen LogP contribution >= 0.6 is 23.2 Å². The van der Waals surface area contributed by atoms with Crippen molar-refractivity contribution < 1.29 is 8.42 Å². The van der Waals surface area contributed by atoms with Crippen molar-refractivity contribution in [3.63, 3.8) is 0 Å². The summed E-state index contributed by atoms with van der Waals surface area (Å²) in [5.41, 5.74) is 2.01. The van der Waals surface area contributed by atoms with Gasteiger partial charge in [0.15, 0.2) is 0 Å². The summed E-state index contributed by atoms with van der Waals surface area (Å²) in [4.78, 5) is 0.0963. The molecular weight excluding hydrogens is 317 g/mol. The Morgan fingerprint density at radius 2 is 1.65 bits per heavy atom. The lowest BCUT2D eigenvalue weighted by Crippen LogP contribution is -2.23. The molecule has 2 rings (SSSR count). The van der Waals surface area contributed by atoms with Crippen molar-refractivity contribution in [1.29, 1.82) is 0 Å². The fourth-order valence-electron chi connectivity index (χ4n) is 1.61. The molecule has 0 aliphatic heterocycles. The fraction of sp³-hybridized carbons (Fsp3) is 0.143. The van der Waals surface area contributed by atoms with E-state index < -0.39 is 10.0 Å². The van der Waals surface area contributed by atoms with Gasteiger partial charge >= 0.3 is 0 Å². The quantitative estimate of drug-likeness (QED) is 0.927. The van der Waals surface area contributed by atoms with Crippen LogP contribution in [0.2, 0.25) is 10.0 Å². The molecule has 0 saturated carbocycles. The maximum atomic E-state index is 12.1. The smallest absolute Gasteiger partial charge is 0.207 e. The largest absolute Gasteiger partial charge is 0.240 e. The summed E-state index contributed by atoms with van der Waals surface area (Å²) in [6, 6.07) is 11.8. The van der Waals surface area contributed by atoms with Crippen molar-refractivity contribution in [1.82, 2.24) is 4.72 Å². The number of halogens is 2. The summed E-state index contributed by atoms with van der Waals surface area (Å²) in [6.45, 7) is 2.20. The van der Waals surface area contributed by atoms with Crippen LogP contribution < -0.4 is 4.72 Å². The van der Waals surface area contributed by atoms with E-state index in [9.17, 15) is 8.42 Å². The number of hydrogen-bond acceptors (Lipinski definition) is 2. The molecule has 0 saturated heterocycles. The predicted octanol–water partition coefficient (Wildman–Crippen LogP) is 3.78. The zero-order valence-corrected chi connectivity index (χ0v) is 13.1. The molecule has 2 aromatic carbocycles. The first-order valence-electron chi connectivity index (χ1n) is 5.89. The van der Waals surface area contributed by atoms with E-state index in [1.807, 2.05) is 31.2 Å². The van der Waals surface area contributed by atoms with Gasteiger partial charge in [-0.15, -0.1) is 0 Å². The van der Waals surface area contributed by atoms with Crippen LogP contribution in [0.5, 0.6) is 0 Å². The Morgan fingerprint density at radius 3 is 2.25 bits per heavy atom. The molecule has 0 aliphatic carbocycles. The van der Waals surface area contributed by atoms with Gasteiger partial charge in [-0.25, -0.2) is 13.1 Å². The molecule has 0 fully saturated rings. The van der Waals surface area contributed by atoms with Crippen molar-refractivity contribution in [3.8, 4) is 0 Å². The van der Waals surface area contributed by atoms with Crippen molar-refractivity contribution >= 4 is 33.2 Å². The summed E-state index contributed by atoms with van der Waals surface area (Å²) in [6.07, 6.45) is 0. The molecule has 0 heterocycles. The maximum absolute atomic E-state index is 12.1. The Labute approximate surface area is 128 Å². The molecule has 0 atom stereocenters. The fourth-order valence-corrected chi connectivity index (χ4v) is 3.02. The Balaban J connectivity index is 2.14. The minimum Gasteiger partial charge on any atom is -0.207 e. The summed E-state index contributed by atoms with van der Waals surface area (Å²) in [7, 11) is -3.60. The first-order valence-corrected chi connectivity index (χ1v) is 8.13. The molecule has 0 radical (unpaired) electrons. The molecule has 0 bridgehead atoms. The van der Waals surface area contributed by atoms with Crippen molar-refractivity contribution in [3.05, 3.63) is 63.6 Å². The Kier molecular flexibility index (Phi) is 4.70. The molecule has 2 aromatic rings. The van der Waals surface area contributed by atoms with Crippen molar-refractivity contribution in [2.24, 2.45) is 0 Å². The molecule has 0 aliphatic rings. The van der Waals surface area contributed by atoms with E-state index in [1.165, 1.54) is 18.2 Å². The monoisotopic (exact) mass is 329 g/mol. The van der Waals surface area contributed by atoms with Gasteiger partial charge in [0.2, 0.25) is 10.0 Å². The maximum Gasteiger partial charge on any atom is 0.240 e. The molecule has 6 heteroatoms. The van der Waals surface area contributed by atoms with Gasteiger partial charge in [-0.2, -0.15) is 0 Å². The average molecular weight is 330 g/mol. The van der Waals surface area contributed by atoms with Crippen LogP contribution in [0.3, 0.4) is 0 Å². The van der Waals surface area contributed by atoms with Gasteiger partial charge in [-0.3, -0.25) is 0 Å². The average Bonchev–Trinajstić information content (AvgIpc) is 2.41. The molecule has 0 spiro atoms. The van der Waals surface area contributed by atoms with E-state index in [2.05, 4.69) is 4.72 Å². The van der Waals surface area contributed by atoms with E-state index in [-0.39, 0.29) is 16.5 Å². The molecule has 20 heavy (non-hydrogen) atoms. The van der Waals surface area contributed by atoms with Crippen LogP contribution in [-0.2, 0) is 16.6 Å². The third-order valence-corrected chi connectivity index (χ3v) is 4.93. The van der Waals surface area contributed by atoms with E-state index >= 15 is 0 Å². The molecule has 1 N–H and O–H groups in total. The summed E-state index contributed by atoms with van der Waals surface area (Å²) < 4.78 is 26.8. The van der Waals surface area contributed by atoms with E-state index in [0.29, 0.717) is 5.02 Å². The highest BCUT2D eigenvalue weighted by molar-refractivity contribution is 7.89. The van der Waals surface area contributed by atoms with E-state index in [1.54, 1.807) is 0 Å². The number of nitrogens with one attached hydrogen (secondary N) is 1. The second-order valence-electron chi connectivity index (χ2n) is 4.39. The van der Waals surface area contributed by atoms with Gasteiger partial charge < -0.3 is 0 Å². The molecule has 106 valence electrons. The van der Waals surface area contributed by atoms with Gasteiger partial charge in [0.25, 0.3) is 0 Å². The first kappa shape index (κ1) is 15.3. The van der Waals surface area contributed by atoms with Crippen LogP contribution in [0.15, 0.2) is 47.4 Å². The van der Waals surface area contributed by atoms with Crippen LogP contribution in [-0.4, -0.2) is 8.42 Å². The molecular formula is C14H13Cl2NO2S. The third-order valence-electron chi connectivity index (χ3n) is 2.79. The van der Waals surface area contributed by atoms with Crippen LogP contribution in [0.4, 0.5) is 0 Å². The minimum atomic E-state index is -3.60. The number of aryl methyl sites for hydroxylation is 1. The summed E-state index contributed by atoms with van der Waals surface area (Å²) >= 11 is 11.6. The number of hydrogen-bond donors (Lipinski definition) is 1. The van der Waals surface area contributed by atoms with E-state index in [0.717, 1.165) is 11.1 Å². The molecule has 0 amide bonds. The lowest BCUT2D eigenvalue weighted by molar-refractivity contribution is 0.581. The number of sulfonamides is 1. The zero-order chi connectivity index (χ0) is 14.8. The minimum absolute atomic E-state index is 0.0963. The van der Waals surface area contributed by atoms with Gasteiger partial charge in [-0.1, -0.05) is 53.0 Å². The topological polar surface area (TPSA) is 46.2 Å². The Bertz CT molecular complexity index is 712. The van der Waals surface area contributed by atoms with Gasteiger partial charge in [0.1, 0.15) is 0 Å².